The van der Waals surface area contributed by atoms with Crippen LogP contribution in [0.3, 0.4) is 0 Å². The van der Waals surface area contributed by atoms with Crippen molar-refractivity contribution < 1.29 is 0 Å². The van der Waals surface area contributed by atoms with Gasteiger partial charge in [-0.3, -0.25) is 0 Å². The van der Waals surface area contributed by atoms with Crippen molar-refractivity contribution in [1.82, 2.24) is 0 Å². The summed E-state index contributed by atoms with van der Waals surface area (Å²) in [4.78, 5) is 0. The summed E-state index contributed by atoms with van der Waals surface area (Å²) in [6.45, 7) is 4.29. The summed E-state index contributed by atoms with van der Waals surface area (Å²) < 4.78 is 1.07. The summed E-state index contributed by atoms with van der Waals surface area (Å²) >= 11 is 5.68. The van der Waals surface area contributed by atoms with E-state index in [0.29, 0.717) is 6.04 Å². The molecule has 2 atom stereocenters. The molecule has 0 aliphatic heterocycles. The van der Waals surface area contributed by atoms with Gasteiger partial charge in [-0.1, -0.05) is 13.3 Å². The fourth-order valence-electron chi connectivity index (χ4n) is 2.51. The van der Waals surface area contributed by atoms with E-state index in [4.69, 9.17) is 5.73 Å². The van der Waals surface area contributed by atoms with Gasteiger partial charge in [0.05, 0.1) is 0 Å². The van der Waals surface area contributed by atoms with Crippen molar-refractivity contribution in [2.45, 2.75) is 44.4 Å². The second kappa shape index (κ2) is 6.20. The third kappa shape index (κ3) is 3.15. The third-order valence-electron chi connectivity index (χ3n) is 3.53. The summed E-state index contributed by atoms with van der Waals surface area (Å²) in [6, 6.07) is 4.73. The number of hydrogen-bond acceptors (Lipinski definition) is 3. The summed E-state index contributed by atoms with van der Waals surface area (Å²) in [5.74, 6) is 1.20. The molecule has 0 saturated heterocycles. The fourth-order valence-corrected chi connectivity index (χ4v) is 4.19. The number of aryl methyl sites for hydroxylation is 1. The van der Waals surface area contributed by atoms with Crippen LogP contribution in [-0.2, 0) is 0 Å². The van der Waals surface area contributed by atoms with E-state index < -0.39 is 0 Å². The minimum Gasteiger partial charge on any atom is -0.398 e. The lowest BCUT2D eigenvalue weighted by Gasteiger charge is -2.22. The van der Waals surface area contributed by atoms with E-state index in [1.54, 1.807) is 0 Å². The quantitative estimate of drug-likeness (QED) is 0.803. The van der Waals surface area contributed by atoms with E-state index in [0.717, 1.165) is 21.0 Å². The standard InChI is InChI=1S/C14H21BrN2S/c1-3-18-14-6-4-5-12(14)17-13-7-9(2)11(16)8-10(13)15/h7-8,12,14,17H,3-6,16H2,1-2H3. The molecule has 0 radical (unpaired) electrons. The van der Waals surface area contributed by atoms with Crippen LogP contribution in [0.4, 0.5) is 11.4 Å². The SMILES string of the molecule is CCSC1CCCC1Nc1cc(C)c(N)cc1Br. The fraction of sp³-hybridized carbons (Fsp3) is 0.571. The van der Waals surface area contributed by atoms with Crippen LogP contribution in [0.25, 0.3) is 0 Å². The summed E-state index contributed by atoms with van der Waals surface area (Å²) in [6.07, 6.45) is 3.94. The molecular formula is C14H21BrN2S. The topological polar surface area (TPSA) is 38.0 Å². The largest absolute Gasteiger partial charge is 0.398 e. The van der Waals surface area contributed by atoms with Crippen molar-refractivity contribution in [2.75, 3.05) is 16.8 Å². The van der Waals surface area contributed by atoms with Gasteiger partial charge in [-0.25, -0.2) is 0 Å². The molecule has 1 saturated carbocycles. The normalized spacial score (nSPS) is 23.3. The van der Waals surface area contributed by atoms with Crippen LogP contribution in [-0.4, -0.2) is 17.0 Å². The smallest absolute Gasteiger partial charge is 0.0491 e. The van der Waals surface area contributed by atoms with Gasteiger partial charge in [0.15, 0.2) is 0 Å². The lowest BCUT2D eigenvalue weighted by molar-refractivity contribution is 0.767. The van der Waals surface area contributed by atoms with Gasteiger partial charge in [-0.2, -0.15) is 11.8 Å². The molecule has 0 spiro atoms. The molecule has 4 heteroatoms. The number of thioether (sulfide) groups is 1. The van der Waals surface area contributed by atoms with Gasteiger partial charge in [0.25, 0.3) is 0 Å². The van der Waals surface area contributed by atoms with E-state index in [-0.39, 0.29) is 0 Å². The number of rotatable bonds is 4. The molecule has 3 N–H and O–H groups in total. The third-order valence-corrected chi connectivity index (χ3v) is 5.51. The number of nitrogens with two attached hydrogens (primary N) is 1. The van der Waals surface area contributed by atoms with E-state index >= 15 is 0 Å². The molecule has 2 unspecified atom stereocenters. The highest BCUT2D eigenvalue weighted by Gasteiger charge is 2.27. The average molecular weight is 329 g/mol. The number of benzene rings is 1. The van der Waals surface area contributed by atoms with Crippen LogP contribution < -0.4 is 11.1 Å². The van der Waals surface area contributed by atoms with Gasteiger partial charge >= 0.3 is 0 Å². The van der Waals surface area contributed by atoms with Crippen LogP contribution >= 0.6 is 27.7 Å². The van der Waals surface area contributed by atoms with Gasteiger partial charge in [-0.05, 0) is 59.1 Å². The van der Waals surface area contributed by atoms with Gasteiger partial charge in [0.1, 0.15) is 0 Å². The lowest BCUT2D eigenvalue weighted by Crippen LogP contribution is -2.26. The maximum Gasteiger partial charge on any atom is 0.0491 e. The molecule has 0 heterocycles. The molecule has 1 aromatic carbocycles. The van der Waals surface area contributed by atoms with Gasteiger partial charge in [0, 0.05) is 27.1 Å². The minimum atomic E-state index is 0.592. The summed E-state index contributed by atoms with van der Waals surface area (Å²) in [5, 5.41) is 4.44. The molecule has 1 fully saturated rings. The summed E-state index contributed by atoms with van der Waals surface area (Å²) in [5.41, 5.74) is 9.07. The Kier molecular flexibility index (Phi) is 4.84. The predicted octanol–water partition coefficient (Wildman–Crippen LogP) is 4.43. The highest BCUT2D eigenvalue weighted by Crippen LogP contribution is 2.35. The highest BCUT2D eigenvalue weighted by molar-refractivity contribution is 9.10. The van der Waals surface area contributed by atoms with Crippen LogP contribution in [0.1, 0.15) is 31.7 Å². The maximum absolute atomic E-state index is 5.91. The Hall–Kier alpha value is -0.350. The summed E-state index contributed by atoms with van der Waals surface area (Å²) in [7, 11) is 0. The zero-order valence-corrected chi connectivity index (χ0v) is 13.4. The maximum atomic E-state index is 5.91. The van der Waals surface area contributed by atoms with Crippen molar-refractivity contribution in [3.8, 4) is 0 Å². The number of anilines is 2. The Bertz CT molecular complexity index is 423. The second-order valence-electron chi connectivity index (χ2n) is 4.86. The van der Waals surface area contributed by atoms with Crippen molar-refractivity contribution >= 4 is 39.1 Å². The molecule has 1 aliphatic rings. The highest BCUT2D eigenvalue weighted by atomic mass is 79.9. The monoisotopic (exact) mass is 328 g/mol. The first-order valence-electron chi connectivity index (χ1n) is 6.55. The molecule has 0 bridgehead atoms. The zero-order valence-electron chi connectivity index (χ0n) is 11.0. The molecule has 2 rings (SSSR count). The molecule has 18 heavy (non-hydrogen) atoms. The Labute approximate surface area is 122 Å². The van der Waals surface area contributed by atoms with Gasteiger partial charge in [0.2, 0.25) is 0 Å². The van der Waals surface area contributed by atoms with E-state index in [1.807, 2.05) is 6.07 Å². The van der Waals surface area contributed by atoms with E-state index in [9.17, 15) is 0 Å². The molecule has 1 aromatic rings. The van der Waals surface area contributed by atoms with Gasteiger partial charge in [-0.15, -0.1) is 0 Å². The van der Waals surface area contributed by atoms with Crippen molar-refractivity contribution in [3.05, 3.63) is 22.2 Å². The Morgan fingerprint density at radius 2 is 2.22 bits per heavy atom. The van der Waals surface area contributed by atoms with Crippen LogP contribution in [0, 0.1) is 6.92 Å². The Morgan fingerprint density at radius 3 is 2.94 bits per heavy atom. The van der Waals surface area contributed by atoms with Crippen LogP contribution in [0.15, 0.2) is 16.6 Å². The zero-order chi connectivity index (χ0) is 13.1. The predicted molar refractivity (Wildman–Crippen MR) is 86.5 cm³/mol. The first-order chi connectivity index (χ1) is 8.61. The van der Waals surface area contributed by atoms with Crippen LogP contribution in [0.5, 0.6) is 0 Å². The number of hydrogen-bond donors (Lipinski definition) is 2. The van der Waals surface area contributed by atoms with E-state index in [1.165, 1.54) is 30.7 Å². The first kappa shape index (κ1) is 14.1. The number of halogens is 1. The van der Waals surface area contributed by atoms with Crippen molar-refractivity contribution in [2.24, 2.45) is 0 Å². The molecule has 100 valence electrons. The molecular weight excluding hydrogens is 308 g/mol. The molecule has 0 amide bonds. The first-order valence-corrected chi connectivity index (χ1v) is 8.39. The van der Waals surface area contributed by atoms with Crippen molar-refractivity contribution in [3.63, 3.8) is 0 Å². The van der Waals surface area contributed by atoms with Crippen molar-refractivity contribution in [1.29, 1.82) is 0 Å². The van der Waals surface area contributed by atoms with Gasteiger partial charge < -0.3 is 11.1 Å². The Morgan fingerprint density at radius 1 is 1.44 bits per heavy atom. The number of nitrogens with one attached hydrogen (secondary N) is 1. The van der Waals surface area contributed by atoms with E-state index in [2.05, 4.69) is 52.9 Å². The molecule has 1 aliphatic carbocycles. The Balaban J connectivity index is 2.11. The second-order valence-corrected chi connectivity index (χ2v) is 7.23. The minimum absolute atomic E-state index is 0.592. The molecule has 0 aromatic heterocycles. The molecule has 2 nitrogen and oxygen atoms in total. The average Bonchev–Trinajstić information content (AvgIpc) is 2.74. The van der Waals surface area contributed by atoms with Crippen LogP contribution in [0.2, 0.25) is 0 Å². The number of nitrogen functional groups attached to an aromatic ring is 1. The lowest BCUT2D eigenvalue weighted by atomic mass is 10.1.